The molecule has 6 atom stereocenters. The van der Waals surface area contributed by atoms with E-state index in [1.807, 2.05) is 0 Å². The Labute approximate surface area is 547 Å². The number of aryl methyl sites for hydroxylation is 2. The van der Waals surface area contributed by atoms with Crippen LogP contribution in [-0.4, -0.2) is 73.8 Å². The van der Waals surface area contributed by atoms with E-state index < -0.39 is 48.0 Å². The van der Waals surface area contributed by atoms with Crippen LogP contribution in [0.25, 0.3) is 0 Å². The van der Waals surface area contributed by atoms with Crippen molar-refractivity contribution in [1.82, 2.24) is 0 Å². The number of unbranched alkanes of at least 4 members (excludes halogenated alkanes) is 18. The number of ether oxygens (including phenoxy) is 2. The van der Waals surface area contributed by atoms with Gasteiger partial charge in [0.05, 0.1) is 25.2 Å². The lowest BCUT2D eigenvalue weighted by Crippen LogP contribution is -2.56. The highest BCUT2D eigenvalue weighted by Gasteiger charge is 2.58. The predicted molar refractivity (Wildman–Crippen MR) is 371 cm³/mol. The van der Waals surface area contributed by atoms with E-state index in [4.69, 9.17) is 18.5 Å². The Bertz CT molecular complexity index is 2050. The summed E-state index contributed by atoms with van der Waals surface area (Å²) in [4.78, 5) is 71.9. The molecule has 0 spiro atoms. The second-order valence-corrected chi connectivity index (χ2v) is 32.7. The predicted octanol–water partition coefficient (Wildman–Crippen LogP) is 19.9. The van der Waals surface area contributed by atoms with Gasteiger partial charge in [-0.2, -0.15) is 0 Å². The molecule has 6 N–H and O–H groups in total. The van der Waals surface area contributed by atoms with Gasteiger partial charge in [0.15, 0.2) is 0 Å². The van der Waals surface area contributed by atoms with Gasteiger partial charge in [-0.15, -0.1) is 0 Å². The summed E-state index contributed by atoms with van der Waals surface area (Å²) in [5.41, 5.74) is -2.70. The molecule has 0 saturated heterocycles. The van der Waals surface area contributed by atoms with Gasteiger partial charge in [0.25, 0.3) is 0 Å². The molecule has 0 amide bonds. The quantitative estimate of drug-likeness (QED) is 0.0209. The molecular weight excluding hydrogens is 1150 g/mol. The Hall–Kier alpha value is -2.08. The van der Waals surface area contributed by atoms with Crippen LogP contribution in [0.5, 0.6) is 0 Å². The first kappa shape index (κ1) is 83.0. The SMILES string of the molecule is CCCCCCCCCCCCC(CC(CC(C)C(C)(C)C)OC(=O)CCc1ccccc1C(OP(O)O)(c1ccccc1CCC(=O)OC(CC(C)C(C)(C)C)CC(CCCCCCCCCCCC)C(C)(C)C)C(CO)(CO)COP(O)O)C(C)(C)C. The van der Waals surface area contributed by atoms with Gasteiger partial charge >= 0.3 is 29.1 Å². The van der Waals surface area contributed by atoms with E-state index in [1.165, 1.54) is 116 Å². The molecule has 12 nitrogen and oxygen atoms in total. The lowest BCUT2D eigenvalue weighted by atomic mass is 9.63. The lowest BCUT2D eigenvalue weighted by Gasteiger charge is -2.50. The molecule has 0 aromatic heterocycles. The second kappa shape index (κ2) is 42.4. The van der Waals surface area contributed by atoms with Gasteiger partial charge in [0, 0.05) is 12.8 Å². The summed E-state index contributed by atoms with van der Waals surface area (Å²) in [5, 5.41) is 23.4. The summed E-state index contributed by atoms with van der Waals surface area (Å²) < 4.78 is 25.1. The molecule has 0 aliphatic rings. The topological polar surface area (TPSA) is 192 Å². The Morgan fingerprint density at radius 2 is 0.775 bits per heavy atom. The van der Waals surface area contributed by atoms with Crippen molar-refractivity contribution in [2.24, 2.45) is 50.7 Å². The van der Waals surface area contributed by atoms with Gasteiger partial charge in [-0.3, -0.25) is 14.1 Å². The number of rotatable bonds is 48. The van der Waals surface area contributed by atoms with Crippen LogP contribution >= 0.6 is 17.2 Å². The van der Waals surface area contributed by atoms with Crippen LogP contribution in [0.15, 0.2) is 48.5 Å². The first-order valence-corrected chi connectivity index (χ1v) is 37.6. The van der Waals surface area contributed by atoms with Crippen LogP contribution in [-0.2, 0) is 46.6 Å². The number of carbonyl (C=O) groups is 2. The van der Waals surface area contributed by atoms with E-state index in [-0.39, 0.29) is 94.5 Å². The highest BCUT2D eigenvalue weighted by molar-refractivity contribution is 7.39. The molecule has 0 bridgehead atoms. The molecule has 0 heterocycles. The fourth-order valence-electron chi connectivity index (χ4n) is 12.9. The van der Waals surface area contributed by atoms with E-state index in [2.05, 4.69) is 111 Å². The molecule has 2 aromatic rings. The van der Waals surface area contributed by atoms with E-state index in [9.17, 15) is 39.4 Å². The van der Waals surface area contributed by atoms with Crippen molar-refractivity contribution in [3.63, 3.8) is 0 Å². The third-order valence-corrected chi connectivity index (χ3v) is 21.0. The lowest BCUT2D eigenvalue weighted by molar-refractivity contribution is -0.152. The highest BCUT2D eigenvalue weighted by atomic mass is 31.2. The number of benzene rings is 2. The van der Waals surface area contributed by atoms with Crippen molar-refractivity contribution < 1.29 is 57.9 Å². The third-order valence-electron chi connectivity index (χ3n) is 20.2. The average Bonchev–Trinajstić information content (AvgIpc) is 0.756. The summed E-state index contributed by atoms with van der Waals surface area (Å²) in [6.07, 6.45) is 29.8. The minimum absolute atomic E-state index is 0.00978. The molecule has 0 fully saturated rings. The smallest absolute Gasteiger partial charge is 0.328 e. The maximum Gasteiger partial charge on any atom is 0.328 e. The second-order valence-electron chi connectivity index (χ2n) is 31.2. The van der Waals surface area contributed by atoms with E-state index in [0.717, 1.165) is 38.5 Å². The van der Waals surface area contributed by atoms with Crippen molar-refractivity contribution in [3.05, 3.63) is 70.8 Å². The Balaban J connectivity index is 2.64. The van der Waals surface area contributed by atoms with Gasteiger partial charge in [0.2, 0.25) is 0 Å². The molecule has 2 rings (SSSR count). The van der Waals surface area contributed by atoms with Crippen LogP contribution in [0.3, 0.4) is 0 Å². The molecule has 2 aromatic carbocycles. The fraction of sp³-hybridized carbons (Fsp3) is 0.813. The summed E-state index contributed by atoms with van der Waals surface area (Å²) >= 11 is 0. The summed E-state index contributed by atoms with van der Waals surface area (Å²) in [5.74, 6) is 0.372. The molecule has 6 unspecified atom stereocenters. The summed E-state index contributed by atoms with van der Waals surface area (Å²) in [6, 6.07) is 14.0. The van der Waals surface area contributed by atoms with Gasteiger partial charge in [-0.05, 0) is 119 Å². The average molecular weight is 1290 g/mol. The Morgan fingerprint density at radius 3 is 1.07 bits per heavy atom. The molecule has 0 aliphatic heterocycles. The van der Waals surface area contributed by atoms with Crippen LogP contribution in [0, 0.1) is 50.7 Å². The van der Waals surface area contributed by atoms with Crippen molar-refractivity contribution >= 4 is 29.1 Å². The number of esters is 2. The van der Waals surface area contributed by atoms with Crippen molar-refractivity contribution in [1.29, 1.82) is 0 Å². The Morgan fingerprint density at radius 1 is 0.449 bits per heavy atom. The minimum Gasteiger partial charge on any atom is -0.462 e. The largest absolute Gasteiger partial charge is 0.462 e. The molecule has 0 aliphatic carbocycles. The van der Waals surface area contributed by atoms with Crippen molar-refractivity contribution in [2.45, 2.75) is 321 Å². The maximum absolute atomic E-state index is 14.5. The number of aliphatic hydroxyl groups is 2. The maximum atomic E-state index is 14.5. The molecule has 0 saturated carbocycles. The zero-order chi connectivity index (χ0) is 66.9. The van der Waals surface area contributed by atoms with Crippen LogP contribution in [0.2, 0.25) is 0 Å². The standard InChI is InChI=1S/C75H134O12P2/c1-17-19-21-23-25-27-29-31-33-35-43-62(72(11,12)13)53-64(51-58(3)70(5,6)7)85-68(78)49-47-60-41-37-39-45-66(60)75(87-89(82)83,74(55-76,56-77)57-84-88(80)81)67-46-40-38-42-61(67)48-50-69(79)86-65(52-59(4)71(8,9)10)54-63(73(14,15)16)44-36-34-32-30-28-26-24-22-20-18-2/h37-42,45-46,58-59,62-65,76-77,80-83H,17-36,43-44,47-57H2,1-16H3. The van der Waals surface area contributed by atoms with Crippen molar-refractivity contribution in [2.75, 3.05) is 19.8 Å². The molecule has 89 heavy (non-hydrogen) atoms. The monoisotopic (exact) mass is 1290 g/mol. The molecule has 516 valence electrons. The van der Waals surface area contributed by atoms with Gasteiger partial charge < -0.3 is 43.8 Å². The van der Waals surface area contributed by atoms with E-state index in [1.54, 1.807) is 48.5 Å². The normalized spacial score (nSPS) is 15.6. The van der Waals surface area contributed by atoms with Gasteiger partial charge in [0.1, 0.15) is 17.8 Å². The minimum atomic E-state index is -3.31. The van der Waals surface area contributed by atoms with E-state index in [0.29, 0.717) is 35.8 Å². The van der Waals surface area contributed by atoms with Gasteiger partial charge in [-0.1, -0.05) is 288 Å². The Kier molecular flexibility index (Phi) is 39.5. The summed E-state index contributed by atoms with van der Waals surface area (Å²) in [6.45, 7) is 33.6. The van der Waals surface area contributed by atoms with Gasteiger partial charge in [-0.25, -0.2) is 0 Å². The van der Waals surface area contributed by atoms with E-state index >= 15 is 0 Å². The zero-order valence-corrected chi connectivity index (χ0v) is 61.2. The zero-order valence-electron chi connectivity index (χ0n) is 59.4. The number of carbonyl (C=O) groups excluding carboxylic acids is 2. The van der Waals surface area contributed by atoms with Crippen LogP contribution in [0.1, 0.15) is 313 Å². The number of hydrogen-bond acceptors (Lipinski definition) is 12. The third kappa shape index (κ3) is 30.9. The fourth-order valence-corrected chi connectivity index (χ4v) is 13.9. The molecular formula is C75H134O12P2. The first-order chi connectivity index (χ1) is 41.8. The van der Waals surface area contributed by atoms with Crippen LogP contribution in [0.4, 0.5) is 0 Å². The molecule has 0 radical (unpaired) electrons. The van der Waals surface area contributed by atoms with Crippen LogP contribution < -0.4 is 0 Å². The van der Waals surface area contributed by atoms with Crippen molar-refractivity contribution in [3.8, 4) is 0 Å². The number of aliphatic hydroxyl groups excluding tert-OH is 2. The number of hydrogen-bond donors (Lipinski definition) is 6. The molecule has 14 heteroatoms. The summed E-state index contributed by atoms with van der Waals surface area (Å²) in [7, 11) is -6.35. The highest BCUT2D eigenvalue weighted by Crippen LogP contribution is 2.57. The first-order valence-electron chi connectivity index (χ1n) is 35.3.